The number of aromatic nitrogens is 2. The molecule has 0 bridgehead atoms. The number of pyridine rings is 1. The van der Waals surface area contributed by atoms with Crippen molar-refractivity contribution in [3.63, 3.8) is 0 Å². The predicted octanol–water partition coefficient (Wildman–Crippen LogP) is 3.98. The maximum atomic E-state index is 4.45. The molecule has 1 aliphatic rings. The van der Waals surface area contributed by atoms with Crippen LogP contribution in [0.3, 0.4) is 0 Å². The van der Waals surface area contributed by atoms with Crippen molar-refractivity contribution in [2.75, 3.05) is 0 Å². The standard InChI is InChI=1S/C12H11Br2N3S/c13-7-3-10(14)11(16-4-7)12-17-6-9(18-12)5-15-8-1-2-8/h3-4,6,8,15H,1-2,5H2. The van der Waals surface area contributed by atoms with Crippen LogP contribution in [0, 0.1) is 0 Å². The molecule has 94 valence electrons. The highest BCUT2D eigenvalue weighted by Gasteiger charge is 2.20. The molecule has 1 N–H and O–H groups in total. The number of hydrogen-bond donors (Lipinski definition) is 1. The van der Waals surface area contributed by atoms with Gasteiger partial charge in [0.25, 0.3) is 0 Å². The van der Waals surface area contributed by atoms with E-state index in [1.54, 1.807) is 17.5 Å². The fourth-order valence-corrected chi connectivity index (χ4v) is 3.78. The molecule has 1 aliphatic carbocycles. The number of nitrogens with one attached hydrogen (secondary N) is 1. The van der Waals surface area contributed by atoms with Crippen LogP contribution in [0.25, 0.3) is 10.7 Å². The van der Waals surface area contributed by atoms with Crippen LogP contribution in [-0.4, -0.2) is 16.0 Å². The molecule has 0 aliphatic heterocycles. The van der Waals surface area contributed by atoms with Crippen molar-refractivity contribution >= 4 is 43.2 Å². The molecule has 0 saturated heterocycles. The first-order valence-electron chi connectivity index (χ1n) is 5.72. The summed E-state index contributed by atoms with van der Waals surface area (Å²) in [5.41, 5.74) is 0.904. The fourth-order valence-electron chi connectivity index (χ4n) is 1.60. The molecule has 0 amide bonds. The quantitative estimate of drug-likeness (QED) is 0.860. The Labute approximate surface area is 126 Å². The molecular formula is C12H11Br2N3S. The smallest absolute Gasteiger partial charge is 0.143 e. The van der Waals surface area contributed by atoms with Gasteiger partial charge in [0.1, 0.15) is 10.7 Å². The third-order valence-corrected chi connectivity index (χ3v) is 4.75. The lowest BCUT2D eigenvalue weighted by Crippen LogP contribution is -2.14. The van der Waals surface area contributed by atoms with Crippen LogP contribution in [0.2, 0.25) is 0 Å². The molecule has 6 heteroatoms. The minimum atomic E-state index is 0.730. The van der Waals surface area contributed by atoms with Gasteiger partial charge in [0.05, 0.1) is 0 Å². The third-order valence-electron chi connectivity index (χ3n) is 2.71. The second-order valence-electron chi connectivity index (χ2n) is 4.27. The van der Waals surface area contributed by atoms with Crippen molar-refractivity contribution < 1.29 is 0 Å². The Balaban J connectivity index is 1.78. The van der Waals surface area contributed by atoms with E-state index in [1.807, 2.05) is 12.3 Å². The maximum absolute atomic E-state index is 4.45. The topological polar surface area (TPSA) is 37.8 Å². The van der Waals surface area contributed by atoms with E-state index >= 15 is 0 Å². The lowest BCUT2D eigenvalue weighted by atomic mass is 10.4. The van der Waals surface area contributed by atoms with E-state index in [2.05, 4.69) is 47.1 Å². The number of rotatable bonds is 4. The molecule has 3 nitrogen and oxygen atoms in total. The van der Waals surface area contributed by atoms with Gasteiger partial charge < -0.3 is 5.32 Å². The molecule has 2 aromatic heterocycles. The summed E-state index contributed by atoms with van der Waals surface area (Å²) >= 11 is 8.62. The second kappa shape index (κ2) is 5.36. The average molecular weight is 389 g/mol. The van der Waals surface area contributed by atoms with Crippen LogP contribution in [0.4, 0.5) is 0 Å². The summed E-state index contributed by atoms with van der Waals surface area (Å²) in [6.07, 6.45) is 6.35. The molecule has 0 unspecified atom stereocenters. The number of thiazole rings is 1. The maximum Gasteiger partial charge on any atom is 0.143 e. The van der Waals surface area contributed by atoms with E-state index in [9.17, 15) is 0 Å². The van der Waals surface area contributed by atoms with E-state index in [-0.39, 0.29) is 0 Å². The SMILES string of the molecule is Brc1cnc(-c2ncc(CNC3CC3)s2)c(Br)c1. The van der Waals surface area contributed by atoms with Gasteiger partial charge in [-0.15, -0.1) is 11.3 Å². The minimum Gasteiger partial charge on any atom is -0.309 e. The van der Waals surface area contributed by atoms with Gasteiger partial charge in [-0.1, -0.05) is 0 Å². The van der Waals surface area contributed by atoms with E-state index in [1.165, 1.54) is 17.7 Å². The zero-order chi connectivity index (χ0) is 12.5. The highest BCUT2D eigenvalue weighted by atomic mass is 79.9. The summed E-state index contributed by atoms with van der Waals surface area (Å²) in [6, 6.07) is 2.72. The third kappa shape index (κ3) is 2.99. The van der Waals surface area contributed by atoms with Gasteiger partial charge in [0.2, 0.25) is 0 Å². The van der Waals surface area contributed by atoms with Crippen molar-refractivity contribution in [1.29, 1.82) is 0 Å². The minimum absolute atomic E-state index is 0.730. The summed E-state index contributed by atoms with van der Waals surface area (Å²) in [4.78, 5) is 10.1. The molecule has 1 fully saturated rings. The highest BCUT2D eigenvalue weighted by Crippen LogP contribution is 2.31. The summed E-state index contributed by atoms with van der Waals surface area (Å²) in [6.45, 7) is 0.913. The van der Waals surface area contributed by atoms with Gasteiger partial charge in [0, 0.05) is 38.8 Å². The number of hydrogen-bond acceptors (Lipinski definition) is 4. The van der Waals surface area contributed by atoms with Gasteiger partial charge in [-0.2, -0.15) is 0 Å². The second-order valence-corrected chi connectivity index (χ2v) is 7.16. The summed E-state index contributed by atoms with van der Waals surface area (Å²) in [5.74, 6) is 0. The van der Waals surface area contributed by atoms with Crippen LogP contribution in [0.5, 0.6) is 0 Å². The highest BCUT2D eigenvalue weighted by molar-refractivity contribution is 9.11. The first kappa shape index (κ1) is 12.7. The van der Waals surface area contributed by atoms with Crippen molar-refractivity contribution in [3.8, 4) is 10.7 Å². The molecule has 18 heavy (non-hydrogen) atoms. The van der Waals surface area contributed by atoms with Crippen LogP contribution in [0.1, 0.15) is 17.7 Å². The van der Waals surface area contributed by atoms with Crippen LogP contribution < -0.4 is 5.32 Å². The van der Waals surface area contributed by atoms with Crippen molar-refractivity contribution in [1.82, 2.24) is 15.3 Å². The predicted molar refractivity (Wildman–Crippen MR) is 80.6 cm³/mol. The first-order chi connectivity index (χ1) is 8.72. The van der Waals surface area contributed by atoms with Crippen molar-refractivity contribution in [3.05, 3.63) is 32.3 Å². The average Bonchev–Trinajstić information content (AvgIpc) is 3.05. The van der Waals surface area contributed by atoms with Gasteiger partial charge in [-0.05, 0) is 50.8 Å². The van der Waals surface area contributed by atoms with Crippen LogP contribution in [-0.2, 0) is 6.54 Å². The fraction of sp³-hybridized carbons (Fsp3) is 0.333. The molecule has 2 heterocycles. The van der Waals surface area contributed by atoms with Crippen LogP contribution in [0.15, 0.2) is 27.4 Å². The van der Waals surface area contributed by atoms with Gasteiger partial charge in [-0.3, -0.25) is 4.98 Å². The molecule has 1 saturated carbocycles. The normalized spacial score (nSPS) is 15.0. The number of nitrogens with zero attached hydrogens (tertiary/aromatic N) is 2. The molecule has 0 radical (unpaired) electrons. The molecule has 0 atom stereocenters. The summed E-state index contributed by atoms with van der Waals surface area (Å²) in [5, 5.41) is 4.45. The molecule has 2 aromatic rings. The van der Waals surface area contributed by atoms with Gasteiger partial charge >= 0.3 is 0 Å². The Hall–Kier alpha value is -0.300. The Morgan fingerprint density at radius 2 is 2.11 bits per heavy atom. The molecule has 3 rings (SSSR count). The first-order valence-corrected chi connectivity index (χ1v) is 8.12. The molecule has 0 aromatic carbocycles. The lowest BCUT2D eigenvalue weighted by Gasteiger charge is -2.00. The van der Waals surface area contributed by atoms with Crippen molar-refractivity contribution in [2.45, 2.75) is 25.4 Å². The number of halogens is 2. The Bertz CT molecular complexity index is 566. The largest absolute Gasteiger partial charge is 0.309 e. The molecule has 0 spiro atoms. The lowest BCUT2D eigenvalue weighted by molar-refractivity contribution is 0.694. The summed E-state index contributed by atoms with van der Waals surface area (Å²) < 4.78 is 1.93. The van der Waals surface area contributed by atoms with Gasteiger partial charge in [0.15, 0.2) is 0 Å². The zero-order valence-corrected chi connectivity index (χ0v) is 13.5. The monoisotopic (exact) mass is 387 g/mol. The Morgan fingerprint density at radius 3 is 2.83 bits per heavy atom. The molecular weight excluding hydrogens is 378 g/mol. The van der Waals surface area contributed by atoms with E-state index in [4.69, 9.17) is 0 Å². The van der Waals surface area contributed by atoms with Crippen molar-refractivity contribution in [2.24, 2.45) is 0 Å². The van der Waals surface area contributed by atoms with E-state index in [0.717, 1.165) is 32.2 Å². The van der Waals surface area contributed by atoms with Gasteiger partial charge in [-0.25, -0.2) is 4.98 Å². The zero-order valence-electron chi connectivity index (χ0n) is 9.49. The Kier molecular flexibility index (Phi) is 3.79. The van der Waals surface area contributed by atoms with E-state index < -0.39 is 0 Å². The Morgan fingerprint density at radius 1 is 1.28 bits per heavy atom. The van der Waals surface area contributed by atoms with Crippen LogP contribution >= 0.6 is 43.2 Å². The summed E-state index contributed by atoms with van der Waals surface area (Å²) in [7, 11) is 0. The van der Waals surface area contributed by atoms with E-state index in [0.29, 0.717) is 0 Å².